The van der Waals surface area contributed by atoms with Crippen molar-refractivity contribution in [2.45, 2.75) is 44.3 Å². The molecule has 7 nitrogen and oxygen atoms in total. The predicted octanol–water partition coefficient (Wildman–Crippen LogP) is 5.09. The van der Waals surface area contributed by atoms with Crippen molar-refractivity contribution in [2.75, 3.05) is 10.6 Å². The van der Waals surface area contributed by atoms with E-state index in [-0.39, 0.29) is 22.9 Å². The molecule has 0 saturated heterocycles. The molecule has 2 rings (SSSR count). The summed E-state index contributed by atoms with van der Waals surface area (Å²) >= 11 is 1.36. The van der Waals surface area contributed by atoms with E-state index in [9.17, 15) is 19.7 Å². The fraction of sp³-hybridized carbons (Fsp3) is 0.333. The van der Waals surface area contributed by atoms with Gasteiger partial charge in [-0.15, -0.1) is 11.8 Å². The summed E-state index contributed by atoms with van der Waals surface area (Å²) in [6, 6.07) is 13.0. The number of rotatable bonds is 7. The highest BCUT2D eigenvalue weighted by Crippen LogP contribution is 2.27. The summed E-state index contributed by atoms with van der Waals surface area (Å²) in [5.41, 5.74) is 1.06. The zero-order valence-electron chi connectivity index (χ0n) is 16.9. The van der Waals surface area contributed by atoms with Crippen LogP contribution in [0.15, 0.2) is 53.4 Å². The Morgan fingerprint density at radius 2 is 1.72 bits per heavy atom. The number of carbonyl (C=O) groups is 2. The lowest BCUT2D eigenvalue weighted by molar-refractivity contribution is -0.384. The lowest BCUT2D eigenvalue weighted by Crippen LogP contribution is -2.22. The van der Waals surface area contributed by atoms with Gasteiger partial charge in [0.05, 0.1) is 10.2 Å². The number of nitro groups is 1. The summed E-state index contributed by atoms with van der Waals surface area (Å²) in [4.78, 5) is 35.6. The van der Waals surface area contributed by atoms with Gasteiger partial charge in [0.2, 0.25) is 11.8 Å². The summed E-state index contributed by atoms with van der Waals surface area (Å²) in [5, 5.41) is 15.9. The topological polar surface area (TPSA) is 101 Å². The molecular weight excluding hydrogens is 390 g/mol. The van der Waals surface area contributed by atoms with E-state index in [0.717, 1.165) is 4.90 Å². The second-order valence-corrected chi connectivity index (χ2v) is 9.28. The van der Waals surface area contributed by atoms with Crippen molar-refractivity contribution in [3.05, 3.63) is 58.6 Å². The van der Waals surface area contributed by atoms with Gasteiger partial charge in [0.1, 0.15) is 0 Å². The van der Waals surface area contributed by atoms with Crippen LogP contribution in [0.2, 0.25) is 0 Å². The van der Waals surface area contributed by atoms with E-state index in [4.69, 9.17) is 0 Å². The fourth-order valence-electron chi connectivity index (χ4n) is 2.50. The fourth-order valence-corrected chi connectivity index (χ4v) is 3.43. The Balaban J connectivity index is 1.95. The van der Waals surface area contributed by atoms with Crippen molar-refractivity contribution in [2.24, 2.45) is 5.41 Å². The zero-order chi connectivity index (χ0) is 21.6. The number of hydrogen-bond donors (Lipinski definition) is 2. The molecule has 0 aromatic heterocycles. The van der Waals surface area contributed by atoms with Crippen LogP contribution in [0.3, 0.4) is 0 Å². The normalized spacial score (nSPS) is 12.1. The molecule has 2 N–H and O–H groups in total. The first-order valence-electron chi connectivity index (χ1n) is 9.15. The lowest BCUT2D eigenvalue weighted by atomic mass is 9.92. The third-order valence-electron chi connectivity index (χ3n) is 3.84. The summed E-state index contributed by atoms with van der Waals surface area (Å²) in [7, 11) is 0. The SMILES string of the molecule is CC(Sc1cccc(NC(=O)CC(C)(C)C)c1)C(=O)Nc1ccc([N+](=O)[O-])cc1. The van der Waals surface area contributed by atoms with Crippen LogP contribution < -0.4 is 10.6 Å². The number of nitro benzene ring substituents is 1. The number of benzene rings is 2. The summed E-state index contributed by atoms with van der Waals surface area (Å²) in [6.07, 6.45) is 0.415. The van der Waals surface area contributed by atoms with E-state index < -0.39 is 10.2 Å². The van der Waals surface area contributed by atoms with Gasteiger partial charge >= 0.3 is 0 Å². The van der Waals surface area contributed by atoms with E-state index in [2.05, 4.69) is 10.6 Å². The minimum atomic E-state index is -0.489. The number of anilines is 2. The van der Waals surface area contributed by atoms with Gasteiger partial charge in [-0.25, -0.2) is 0 Å². The lowest BCUT2D eigenvalue weighted by Gasteiger charge is -2.17. The van der Waals surface area contributed by atoms with Crippen molar-refractivity contribution < 1.29 is 14.5 Å². The van der Waals surface area contributed by atoms with Crippen LogP contribution in [0.1, 0.15) is 34.1 Å². The number of amides is 2. The Hall–Kier alpha value is -2.87. The van der Waals surface area contributed by atoms with Crippen LogP contribution >= 0.6 is 11.8 Å². The molecule has 0 bridgehead atoms. The highest BCUT2D eigenvalue weighted by atomic mass is 32.2. The molecule has 1 unspecified atom stereocenters. The third kappa shape index (κ3) is 7.57. The van der Waals surface area contributed by atoms with Crippen molar-refractivity contribution in [3.63, 3.8) is 0 Å². The van der Waals surface area contributed by atoms with E-state index in [1.165, 1.54) is 36.0 Å². The first-order valence-corrected chi connectivity index (χ1v) is 10.0. The largest absolute Gasteiger partial charge is 0.326 e. The maximum absolute atomic E-state index is 12.4. The zero-order valence-corrected chi connectivity index (χ0v) is 17.7. The first-order chi connectivity index (χ1) is 13.5. The molecule has 1 atom stereocenters. The minimum absolute atomic E-state index is 0.0317. The van der Waals surface area contributed by atoms with Crippen LogP contribution in [-0.2, 0) is 9.59 Å². The van der Waals surface area contributed by atoms with E-state index in [0.29, 0.717) is 17.8 Å². The van der Waals surface area contributed by atoms with Crippen LogP contribution in [0, 0.1) is 15.5 Å². The smallest absolute Gasteiger partial charge is 0.269 e. The predicted molar refractivity (Wildman–Crippen MR) is 116 cm³/mol. The molecule has 0 aliphatic heterocycles. The Labute approximate surface area is 174 Å². The van der Waals surface area contributed by atoms with Crippen molar-refractivity contribution in [1.29, 1.82) is 0 Å². The molecule has 0 aliphatic rings. The molecule has 0 radical (unpaired) electrons. The number of carbonyl (C=O) groups excluding carboxylic acids is 2. The molecule has 0 saturated carbocycles. The van der Waals surface area contributed by atoms with Gasteiger partial charge < -0.3 is 10.6 Å². The summed E-state index contributed by atoms with van der Waals surface area (Å²) in [5.74, 6) is -0.269. The van der Waals surface area contributed by atoms with Crippen molar-refractivity contribution >= 4 is 40.6 Å². The average molecular weight is 416 g/mol. The molecule has 0 fully saturated rings. The Kier molecular flexibility index (Phi) is 7.39. The molecule has 0 heterocycles. The monoisotopic (exact) mass is 415 g/mol. The van der Waals surface area contributed by atoms with E-state index >= 15 is 0 Å². The molecule has 0 aliphatic carbocycles. The molecule has 2 amide bonds. The number of hydrogen-bond acceptors (Lipinski definition) is 5. The van der Waals surface area contributed by atoms with Gasteiger partial charge in [-0.1, -0.05) is 26.8 Å². The van der Waals surface area contributed by atoms with Gasteiger partial charge in [0, 0.05) is 34.8 Å². The van der Waals surface area contributed by atoms with Gasteiger partial charge in [0.25, 0.3) is 5.69 Å². The van der Waals surface area contributed by atoms with Gasteiger partial charge in [0.15, 0.2) is 0 Å². The number of non-ortho nitro benzene ring substituents is 1. The van der Waals surface area contributed by atoms with Crippen LogP contribution in [0.25, 0.3) is 0 Å². The molecular formula is C21H25N3O4S. The molecule has 0 spiro atoms. The Morgan fingerprint density at radius 1 is 1.07 bits per heavy atom. The third-order valence-corrected chi connectivity index (χ3v) is 4.93. The maximum atomic E-state index is 12.4. The van der Waals surface area contributed by atoms with Gasteiger partial charge in [-0.3, -0.25) is 19.7 Å². The molecule has 154 valence electrons. The second kappa shape index (κ2) is 9.56. The van der Waals surface area contributed by atoms with Crippen molar-refractivity contribution in [3.8, 4) is 0 Å². The van der Waals surface area contributed by atoms with E-state index in [1.54, 1.807) is 6.92 Å². The van der Waals surface area contributed by atoms with Gasteiger partial charge in [-0.2, -0.15) is 0 Å². The summed E-state index contributed by atoms with van der Waals surface area (Å²) in [6.45, 7) is 7.79. The number of nitrogens with one attached hydrogen (secondary N) is 2. The second-order valence-electron chi connectivity index (χ2n) is 7.87. The number of thioether (sulfide) groups is 1. The molecule has 2 aromatic rings. The minimum Gasteiger partial charge on any atom is -0.326 e. The average Bonchev–Trinajstić information content (AvgIpc) is 2.60. The first kappa shape index (κ1) is 22.4. The van der Waals surface area contributed by atoms with Crippen LogP contribution in [-0.4, -0.2) is 22.0 Å². The Morgan fingerprint density at radius 3 is 2.31 bits per heavy atom. The quantitative estimate of drug-likeness (QED) is 0.373. The highest BCUT2D eigenvalue weighted by molar-refractivity contribution is 8.00. The molecule has 2 aromatic carbocycles. The molecule has 29 heavy (non-hydrogen) atoms. The molecule has 8 heteroatoms. The van der Waals surface area contributed by atoms with Crippen LogP contribution in [0.5, 0.6) is 0 Å². The number of nitrogens with zero attached hydrogens (tertiary/aromatic N) is 1. The summed E-state index contributed by atoms with van der Waals surface area (Å²) < 4.78 is 0. The van der Waals surface area contributed by atoms with Crippen molar-refractivity contribution in [1.82, 2.24) is 0 Å². The highest BCUT2D eigenvalue weighted by Gasteiger charge is 2.17. The Bertz CT molecular complexity index is 892. The maximum Gasteiger partial charge on any atom is 0.269 e. The van der Waals surface area contributed by atoms with Crippen LogP contribution in [0.4, 0.5) is 17.1 Å². The van der Waals surface area contributed by atoms with E-state index in [1.807, 2.05) is 45.0 Å². The van der Waals surface area contributed by atoms with Gasteiger partial charge in [-0.05, 0) is 42.7 Å². The standard InChI is InChI=1S/C21H25N3O4S/c1-14(20(26)23-15-8-10-17(11-9-15)24(27)28)29-18-7-5-6-16(12-18)22-19(25)13-21(2,3)4/h5-12,14H,13H2,1-4H3,(H,22,25)(H,23,26).